The van der Waals surface area contributed by atoms with E-state index in [1.54, 1.807) is 7.11 Å². The molecule has 0 saturated carbocycles. The van der Waals surface area contributed by atoms with E-state index in [1.165, 1.54) is 0 Å². The molecule has 3 nitrogen and oxygen atoms in total. The van der Waals surface area contributed by atoms with Gasteiger partial charge in [0.2, 0.25) is 0 Å². The number of hydrogen-bond donors (Lipinski definition) is 0. The lowest BCUT2D eigenvalue weighted by Crippen LogP contribution is -2.10. The molecule has 0 bridgehead atoms. The van der Waals surface area contributed by atoms with Gasteiger partial charge in [-0.3, -0.25) is 0 Å². The largest absolute Gasteiger partial charge is 0.497 e. The molecule has 0 aliphatic rings. The summed E-state index contributed by atoms with van der Waals surface area (Å²) in [6, 6.07) is 5.63. The standard InChI is InChI=1S/C13H19BrO3/c1-10(2)9-16-6-7-17-13-5-4-11(15-3)8-12(13)14/h4-5,8,10H,6-7,9H2,1-3H3. The molecule has 0 spiro atoms. The summed E-state index contributed by atoms with van der Waals surface area (Å²) in [5.41, 5.74) is 0. The monoisotopic (exact) mass is 302 g/mol. The van der Waals surface area contributed by atoms with Gasteiger partial charge < -0.3 is 14.2 Å². The second-order valence-corrected chi connectivity index (χ2v) is 4.97. The predicted octanol–water partition coefficient (Wildman–Crippen LogP) is 3.51. The zero-order valence-corrected chi connectivity index (χ0v) is 12.1. The zero-order chi connectivity index (χ0) is 12.7. The molecule has 4 heteroatoms. The molecule has 0 N–H and O–H groups in total. The van der Waals surface area contributed by atoms with Crippen LogP contribution in [0.15, 0.2) is 22.7 Å². The number of rotatable bonds is 7. The van der Waals surface area contributed by atoms with E-state index in [-0.39, 0.29) is 0 Å². The Labute approximate surface area is 111 Å². The lowest BCUT2D eigenvalue weighted by Gasteiger charge is -2.10. The van der Waals surface area contributed by atoms with Crippen molar-refractivity contribution >= 4 is 15.9 Å². The van der Waals surface area contributed by atoms with Crippen LogP contribution in [0.4, 0.5) is 0 Å². The molecule has 1 rings (SSSR count). The smallest absolute Gasteiger partial charge is 0.133 e. The predicted molar refractivity (Wildman–Crippen MR) is 71.8 cm³/mol. The molecule has 0 aromatic heterocycles. The number of hydrogen-bond acceptors (Lipinski definition) is 3. The summed E-state index contributed by atoms with van der Waals surface area (Å²) in [6.45, 7) is 6.18. The van der Waals surface area contributed by atoms with Crippen molar-refractivity contribution in [2.75, 3.05) is 26.9 Å². The number of methoxy groups -OCH3 is 1. The Balaban J connectivity index is 2.32. The molecule has 0 heterocycles. The minimum atomic E-state index is 0.553. The Morgan fingerprint density at radius 1 is 1.24 bits per heavy atom. The first kappa shape index (κ1) is 14.3. The van der Waals surface area contributed by atoms with Crippen LogP contribution in [-0.4, -0.2) is 26.9 Å². The summed E-state index contributed by atoms with van der Waals surface area (Å²) in [5.74, 6) is 2.17. The van der Waals surface area contributed by atoms with Crippen molar-refractivity contribution in [2.45, 2.75) is 13.8 Å². The van der Waals surface area contributed by atoms with Crippen LogP contribution < -0.4 is 9.47 Å². The molecule has 0 atom stereocenters. The van der Waals surface area contributed by atoms with Crippen molar-refractivity contribution in [1.82, 2.24) is 0 Å². The van der Waals surface area contributed by atoms with E-state index >= 15 is 0 Å². The fraction of sp³-hybridized carbons (Fsp3) is 0.538. The molecule has 0 unspecified atom stereocenters. The molecule has 0 aliphatic heterocycles. The van der Waals surface area contributed by atoms with Gasteiger partial charge in [-0.25, -0.2) is 0 Å². The van der Waals surface area contributed by atoms with Gasteiger partial charge in [-0.2, -0.15) is 0 Å². The van der Waals surface area contributed by atoms with Gasteiger partial charge in [0.05, 0.1) is 18.2 Å². The molecular weight excluding hydrogens is 284 g/mol. The van der Waals surface area contributed by atoms with Crippen molar-refractivity contribution in [3.8, 4) is 11.5 Å². The van der Waals surface area contributed by atoms with Gasteiger partial charge in [0.15, 0.2) is 0 Å². The SMILES string of the molecule is COc1ccc(OCCOCC(C)C)c(Br)c1. The summed E-state index contributed by atoms with van der Waals surface area (Å²) in [5, 5.41) is 0. The van der Waals surface area contributed by atoms with Gasteiger partial charge >= 0.3 is 0 Å². The summed E-state index contributed by atoms with van der Waals surface area (Å²) in [6.07, 6.45) is 0. The molecule has 0 aliphatic carbocycles. The van der Waals surface area contributed by atoms with E-state index < -0.39 is 0 Å². The molecule has 0 amide bonds. The highest BCUT2D eigenvalue weighted by atomic mass is 79.9. The summed E-state index contributed by atoms with van der Waals surface area (Å²) < 4.78 is 17.0. The first-order valence-electron chi connectivity index (χ1n) is 5.67. The molecule has 0 saturated heterocycles. The molecule has 1 aromatic rings. The lowest BCUT2D eigenvalue weighted by molar-refractivity contribution is 0.0817. The van der Waals surface area contributed by atoms with Crippen LogP contribution in [-0.2, 0) is 4.74 Å². The van der Waals surface area contributed by atoms with Crippen LogP contribution in [0.1, 0.15) is 13.8 Å². The number of ether oxygens (including phenoxy) is 3. The molecule has 0 fully saturated rings. The molecule has 17 heavy (non-hydrogen) atoms. The zero-order valence-electron chi connectivity index (χ0n) is 10.5. The van der Waals surface area contributed by atoms with Crippen molar-refractivity contribution in [3.05, 3.63) is 22.7 Å². The van der Waals surface area contributed by atoms with E-state index in [4.69, 9.17) is 14.2 Å². The third-order valence-electron chi connectivity index (χ3n) is 2.08. The Bertz CT molecular complexity index is 339. The minimum Gasteiger partial charge on any atom is -0.497 e. The van der Waals surface area contributed by atoms with Crippen LogP contribution in [0, 0.1) is 5.92 Å². The third kappa shape index (κ3) is 5.41. The van der Waals surface area contributed by atoms with Crippen LogP contribution in [0.5, 0.6) is 11.5 Å². The maximum atomic E-state index is 5.59. The Morgan fingerprint density at radius 2 is 2.00 bits per heavy atom. The average Bonchev–Trinajstić information content (AvgIpc) is 2.30. The van der Waals surface area contributed by atoms with E-state index in [1.807, 2.05) is 18.2 Å². The van der Waals surface area contributed by atoms with Crippen LogP contribution >= 0.6 is 15.9 Å². The second-order valence-electron chi connectivity index (χ2n) is 4.11. The molecule has 96 valence electrons. The Morgan fingerprint density at radius 3 is 2.59 bits per heavy atom. The normalized spacial score (nSPS) is 10.6. The average molecular weight is 303 g/mol. The van der Waals surface area contributed by atoms with Crippen molar-refractivity contribution < 1.29 is 14.2 Å². The van der Waals surface area contributed by atoms with E-state index in [9.17, 15) is 0 Å². The Hall–Kier alpha value is -0.740. The minimum absolute atomic E-state index is 0.553. The van der Waals surface area contributed by atoms with Crippen LogP contribution in [0.3, 0.4) is 0 Å². The molecule has 0 radical (unpaired) electrons. The summed E-state index contributed by atoms with van der Waals surface area (Å²) in [4.78, 5) is 0. The van der Waals surface area contributed by atoms with E-state index in [2.05, 4.69) is 29.8 Å². The first-order chi connectivity index (χ1) is 8.13. The maximum absolute atomic E-state index is 5.59. The van der Waals surface area contributed by atoms with Crippen molar-refractivity contribution in [1.29, 1.82) is 0 Å². The van der Waals surface area contributed by atoms with Gasteiger partial charge in [0, 0.05) is 6.61 Å². The fourth-order valence-electron chi connectivity index (χ4n) is 1.26. The first-order valence-corrected chi connectivity index (χ1v) is 6.47. The third-order valence-corrected chi connectivity index (χ3v) is 2.70. The van der Waals surface area contributed by atoms with Gasteiger partial charge in [-0.15, -0.1) is 0 Å². The maximum Gasteiger partial charge on any atom is 0.133 e. The van der Waals surface area contributed by atoms with Crippen LogP contribution in [0.25, 0.3) is 0 Å². The number of halogens is 1. The number of benzene rings is 1. The highest BCUT2D eigenvalue weighted by molar-refractivity contribution is 9.10. The van der Waals surface area contributed by atoms with Crippen molar-refractivity contribution in [3.63, 3.8) is 0 Å². The quantitative estimate of drug-likeness (QED) is 0.721. The van der Waals surface area contributed by atoms with Gasteiger partial charge in [0.1, 0.15) is 18.1 Å². The fourth-order valence-corrected chi connectivity index (χ4v) is 1.73. The lowest BCUT2D eigenvalue weighted by atomic mass is 10.2. The molecule has 1 aromatic carbocycles. The molecular formula is C13H19BrO3. The van der Waals surface area contributed by atoms with E-state index in [0.717, 1.165) is 22.6 Å². The van der Waals surface area contributed by atoms with Gasteiger partial charge in [0.25, 0.3) is 0 Å². The highest BCUT2D eigenvalue weighted by Crippen LogP contribution is 2.28. The second kappa shape index (κ2) is 7.56. The summed E-state index contributed by atoms with van der Waals surface area (Å²) in [7, 11) is 1.64. The topological polar surface area (TPSA) is 27.7 Å². The van der Waals surface area contributed by atoms with Gasteiger partial charge in [-0.1, -0.05) is 13.8 Å². The van der Waals surface area contributed by atoms with E-state index in [0.29, 0.717) is 19.1 Å². The summed E-state index contributed by atoms with van der Waals surface area (Å²) >= 11 is 3.43. The van der Waals surface area contributed by atoms with Crippen LogP contribution in [0.2, 0.25) is 0 Å². The highest BCUT2D eigenvalue weighted by Gasteiger charge is 2.02. The van der Waals surface area contributed by atoms with Gasteiger partial charge in [-0.05, 0) is 40.0 Å². The Kier molecular flexibility index (Phi) is 6.37. The van der Waals surface area contributed by atoms with Crippen molar-refractivity contribution in [2.24, 2.45) is 5.92 Å².